The van der Waals surface area contributed by atoms with Gasteiger partial charge in [-0.15, -0.1) is 0 Å². The van der Waals surface area contributed by atoms with Gasteiger partial charge in [0, 0.05) is 18.3 Å². The summed E-state index contributed by atoms with van der Waals surface area (Å²) in [5.41, 5.74) is 1.39. The highest BCUT2D eigenvalue weighted by Gasteiger charge is 2.10. The van der Waals surface area contributed by atoms with Crippen molar-refractivity contribution in [3.8, 4) is 5.75 Å². The SMILES string of the molecule is OB(O)c1cccc(OCCc2ccccn2)c1. The Hall–Kier alpha value is -1.85. The molecular formula is C13H14BNO3. The number of aromatic nitrogens is 1. The number of nitrogens with zero attached hydrogens (tertiary/aromatic N) is 1. The number of benzene rings is 1. The molecule has 0 aliphatic rings. The van der Waals surface area contributed by atoms with E-state index in [2.05, 4.69) is 4.98 Å². The summed E-state index contributed by atoms with van der Waals surface area (Å²) in [6, 6.07) is 12.5. The van der Waals surface area contributed by atoms with Crippen LogP contribution in [-0.4, -0.2) is 28.8 Å². The Morgan fingerprint density at radius 2 is 2.00 bits per heavy atom. The number of pyridine rings is 1. The van der Waals surface area contributed by atoms with Gasteiger partial charge in [-0.25, -0.2) is 0 Å². The minimum Gasteiger partial charge on any atom is -0.493 e. The fraction of sp³-hybridized carbons (Fsp3) is 0.154. The van der Waals surface area contributed by atoms with Crippen LogP contribution in [0.4, 0.5) is 0 Å². The number of hydrogen-bond acceptors (Lipinski definition) is 4. The Morgan fingerprint density at radius 3 is 2.72 bits per heavy atom. The van der Waals surface area contributed by atoms with E-state index in [1.54, 1.807) is 30.5 Å². The van der Waals surface area contributed by atoms with Gasteiger partial charge in [0.1, 0.15) is 5.75 Å². The summed E-state index contributed by atoms with van der Waals surface area (Å²) in [6.45, 7) is 0.502. The summed E-state index contributed by atoms with van der Waals surface area (Å²) in [5, 5.41) is 18.1. The van der Waals surface area contributed by atoms with Crippen molar-refractivity contribution in [1.82, 2.24) is 4.98 Å². The smallest absolute Gasteiger partial charge is 0.488 e. The van der Waals surface area contributed by atoms with E-state index >= 15 is 0 Å². The van der Waals surface area contributed by atoms with Gasteiger partial charge in [0.2, 0.25) is 0 Å². The van der Waals surface area contributed by atoms with Crippen LogP contribution in [-0.2, 0) is 6.42 Å². The third-order valence-corrected chi connectivity index (χ3v) is 2.51. The van der Waals surface area contributed by atoms with Crippen LogP contribution in [0.3, 0.4) is 0 Å². The zero-order valence-corrected chi connectivity index (χ0v) is 9.86. The molecule has 0 atom stereocenters. The molecule has 1 heterocycles. The van der Waals surface area contributed by atoms with E-state index < -0.39 is 7.12 Å². The van der Waals surface area contributed by atoms with Gasteiger partial charge in [-0.2, -0.15) is 0 Å². The molecule has 2 rings (SSSR count). The maximum absolute atomic E-state index is 9.04. The lowest BCUT2D eigenvalue weighted by Gasteiger charge is -2.07. The molecule has 0 amide bonds. The highest BCUT2D eigenvalue weighted by atomic mass is 16.5. The van der Waals surface area contributed by atoms with Crippen LogP contribution in [0, 0.1) is 0 Å². The van der Waals surface area contributed by atoms with Crippen molar-refractivity contribution in [3.05, 3.63) is 54.4 Å². The van der Waals surface area contributed by atoms with Crippen LogP contribution in [0.2, 0.25) is 0 Å². The van der Waals surface area contributed by atoms with E-state index in [0.29, 0.717) is 24.2 Å². The third-order valence-electron chi connectivity index (χ3n) is 2.51. The molecule has 1 aromatic carbocycles. The molecule has 0 saturated carbocycles. The van der Waals surface area contributed by atoms with E-state index in [-0.39, 0.29) is 0 Å². The largest absolute Gasteiger partial charge is 0.493 e. The van der Waals surface area contributed by atoms with E-state index in [1.807, 2.05) is 18.2 Å². The Balaban J connectivity index is 1.89. The lowest BCUT2D eigenvalue weighted by molar-refractivity contribution is 0.320. The molecule has 0 aliphatic heterocycles. The lowest BCUT2D eigenvalue weighted by Crippen LogP contribution is -2.29. The Morgan fingerprint density at radius 1 is 1.11 bits per heavy atom. The maximum Gasteiger partial charge on any atom is 0.488 e. The first-order valence-electron chi connectivity index (χ1n) is 5.74. The molecular weight excluding hydrogens is 229 g/mol. The number of hydrogen-bond donors (Lipinski definition) is 2. The van der Waals surface area contributed by atoms with Crippen LogP contribution in [0.1, 0.15) is 5.69 Å². The van der Waals surface area contributed by atoms with E-state index in [4.69, 9.17) is 14.8 Å². The van der Waals surface area contributed by atoms with Crippen LogP contribution < -0.4 is 10.2 Å². The van der Waals surface area contributed by atoms with Crippen molar-refractivity contribution in [2.75, 3.05) is 6.61 Å². The first-order chi connectivity index (χ1) is 8.75. The van der Waals surface area contributed by atoms with E-state index in [9.17, 15) is 0 Å². The summed E-state index contributed by atoms with van der Waals surface area (Å²) in [6.07, 6.45) is 2.46. The predicted molar refractivity (Wildman–Crippen MR) is 69.7 cm³/mol. The highest BCUT2D eigenvalue weighted by molar-refractivity contribution is 6.58. The number of ether oxygens (including phenoxy) is 1. The van der Waals surface area contributed by atoms with Gasteiger partial charge in [-0.1, -0.05) is 18.2 Å². The summed E-state index contributed by atoms with van der Waals surface area (Å²) in [7, 11) is -1.47. The summed E-state index contributed by atoms with van der Waals surface area (Å²) < 4.78 is 5.54. The summed E-state index contributed by atoms with van der Waals surface area (Å²) in [4.78, 5) is 4.20. The van der Waals surface area contributed by atoms with Crippen LogP contribution in [0.25, 0.3) is 0 Å². The van der Waals surface area contributed by atoms with Crippen LogP contribution in [0.15, 0.2) is 48.7 Å². The topological polar surface area (TPSA) is 62.6 Å². The molecule has 0 fully saturated rings. The lowest BCUT2D eigenvalue weighted by atomic mass is 9.80. The molecule has 0 bridgehead atoms. The molecule has 5 heteroatoms. The molecule has 0 unspecified atom stereocenters. The van der Waals surface area contributed by atoms with Crippen LogP contribution in [0.5, 0.6) is 5.75 Å². The van der Waals surface area contributed by atoms with Crippen molar-refractivity contribution in [3.63, 3.8) is 0 Å². The van der Waals surface area contributed by atoms with Gasteiger partial charge in [-0.3, -0.25) is 4.98 Å². The predicted octanol–water partition coefficient (Wildman–Crippen LogP) is 0.383. The molecule has 92 valence electrons. The molecule has 2 aromatic rings. The zero-order valence-electron chi connectivity index (χ0n) is 9.86. The first kappa shape index (κ1) is 12.6. The van der Waals surface area contributed by atoms with Gasteiger partial charge in [0.25, 0.3) is 0 Å². The second-order valence-corrected chi connectivity index (χ2v) is 3.87. The van der Waals surface area contributed by atoms with Crippen molar-refractivity contribution in [2.45, 2.75) is 6.42 Å². The Bertz CT molecular complexity index is 491. The summed E-state index contributed by atoms with van der Waals surface area (Å²) in [5.74, 6) is 0.622. The summed E-state index contributed by atoms with van der Waals surface area (Å²) >= 11 is 0. The minimum atomic E-state index is -1.47. The highest BCUT2D eigenvalue weighted by Crippen LogP contribution is 2.08. The molecule has 18 heavy (non-hydrogen) atoms. The number of rotatable bonds is 5. The fourth-order valence-corrected chi connectivity index (χ4v) is 1.58. The maximum atomic E-state index is 9.04. The van der Waals surface area contributed by atoms with Gasteiger partial charge in [0.05, 0.1) is 6.61 Å². The Labute approximate surface area is 106 Å². The second-order valence-electron chi connectivity index (χ2n) is 3.87. The third kappa shape index (κ3) is 3.58. The second kappa shape index (κ2) is 6.19. The van der Waals surface area contributed by atoms with Crippen molar-refractivity contribution < 1.29 is 14.8 Å². The van der Waals surface area contributed by atoms with Gasteiger partial charge >= 0.3 is 7.12 Å². The monoisotopic (exact) mass is 243 g/mol. The average Bonchev–Trinajstić information content (AvgIpc) is 2.40. The van der Waals surface area contributed by atoms with E-state index in [1.165, 1.54) is 0 Å². The van der Waals surface area contributed by atoms with E-state index in [0.717, 1.165) is 5.69 Å². The average molecular weight is 243 g/mol. The molecule has 0 radical (unpaired) electrons. The molecule has 0 spiro atoms. The van der Waals surface area contributed by atoms with Crippen molar-refractivity contribution >= 4 is 12.6 Å². The Kier molecular flexibility index (Phi) is 4.33. The van der Waals surface area contributed by atoms with Gasteiger partial charge in [-0.05, 0) is 29.7 Å². The molecule has 1 aromatic heterocycles. The minimum absolute atomic E-state index is 0.422. The normalized spacial score (nSPS) is 10.1. The van der Waals surface area contributed by atoms with Crippen molar-refractivity contribution in [2.24, 2.45) is 0 Å². The first-order valence-corrected chi connectivity index (χ1v) is 5.74. The molecule has 0 saturated heterocycles. The van der Waals surface area contributed by atoms with Gasteiger partial charge < -0.3 is 14.8 Å². The van der Waals surface area contributed by atoms with Gasteiger partial charge in [0.15, 0.2) is 0 Å². The quantitative estimate of drug-likeness (QED) is 0.745. The molecule has 0 aliphatic carbocycles. The standard InChI is InChI=1S/C13H14BNO3/c16-14(17)11-4-3-6-13(10-11)18-9-7-12-5-1-2-8-15-12/h1-6,8,10,16-17H,7,9H2. The van der Waals surface area contributed by atoms with Crippen molar-refractivity contribution in [1.29, 1.82) is 0 Å². The molecule has 4 nitrogen and oxygen atoms in total. The fourth-order valence-electron chi connectivity index (χ4n) is 1.58. The van der Waals surface area contributed by atoms with Crippen LogP contribution >= 0.6 is 0 Å². The zero-order chi connectivity index (χ0) is 12.8. The molecule has 2 N–H and O–H groups in total.